The van der Waals surface area contributed by atoms with Crippen LogP contribution in [0.25, 0.3) is 0 Å². The van der Waals surface area contributed by atoms with Crippen LogP contribution in [0.2, 0.25) is 0 Å². The normalized spacial score (nSPS) is 27.3. The minimum Gasteiger partial charge on any atom is -0.310 e. The molecule has 1 aliphatic rings. The van der Waals surface area contributed by atoms with Gasteiger partial charge in [0.1, 0.15) is 0 Å². The average Bonchev–Trinajstić information content (AvgIpc) is 2.53. The number of hydrogen-bond acceptors (Lipinski definition) is 1. The summed E-state index contributed by atoms with van der Waals surface area (Å²) in [4.78, 5) is 0. The second kappa shape index (κ2) is 7.19. The van der Waals surface area contributed by atoms with Crippen LogP contribution in [0.15, 0.2) is 0 Å². The largest absolute Gasteiger partial charge is 0.310 e. The first-order chi connectivity index (χ1) is 8.47. The first-order valence-corrected chi connectivity index (χ1v) is 7.66. The average molecular weight is 249 g/mol. The fourth-order valence-corrected chi connectivity index (χ4v) is 3.13. The third-order valence-electron chi connectivity index (χ3n) is 4.52. The van der Waals surface area contributed by atoms with Crippen molar-refractivity contribution < 1.29 is 0 Å². The molecule has 1 aliphatic carbocycles. The molecule has 1 heteroatoms. The molecule has 0 bridgehead atoms. The highest BCUT2D eigenvalue weighted by molar-refractivity contribution is 4.91. The third-order valence-corrected chi connectivity index (χ3v) is 4.52. The van der Waals surface area contributed by atoms with Gasteiger partial charge in [-0.3, -0.25) is 0 Å². The van der Waals surface area contributed by atoms with Crippen LogP contribution in [0.5, 0.6) is 0 Å². The van der Waals surface area contributed by atoms with Gasteiger partial charge in [-0.15, -0.1) is 12.3 Å². The van der Waals surface area contributed by atoms with E-state index in [4.69, 9.17) is 6.42 Å². The molecule has 0 aromatic rings. The fourth-order valence-electron chi connectivity index (χ4n) is 3.13. The van der Waals surface area contributed by atoms with E-state index in [0.717, 1.165) is 18.8 Å². The van der Waals surface area contributed by atoms with Gasteiger partial charge in [-0.1, -0.05) is 34.1 Å². The van der Waals surface area contributed by atoms with Crippen molar-refractivity contribution in [3.63, 3.8) is 0 Å². The maximum atomic E-state index is 5.43. The van der Waals surface area contributed by atoms with Gasteiger partial charge in [0.2, 0.25) is 0 Å². The van der Waals surface area contributed by atoms with Crippen LogP contribution in [0.1, 0.15) is 72.6 Å². The highest BCUT2D eigenvalue weighted by Gasteiger charge is 2.28. The molecule has 0 radical (unpaired) electrons. The van der Waals surface area contributed by atoms with Gasteiger partial charge in [0.25, 0.3) is 0 Å². The Hall–Kier alpha value is -0.480. The molecule has 1 nitrogen and oxygen atoms in total. The Morgan fingerprint density at radius 1 is 1.22 bits per heavy atom. The number of nitrogens with one attached hydrogen (secondary N) is 1. The molecule has 18 heavy (non-hydrogen) atoms. The maximum Gasteiger partial charge on any atom is 0.0240 e. The molecular weight excluding hydrogens is 218 g/mol. The Bertz CT molecular complexity index is 268. The predicted molar refractivity (Wildman–Crippen MR) is 80.5 cm³/mol. The van der Waals surface area contributed by atoms with Crippen LogP contribution >= 0.6 is 0 Å². The summed E-state index contributed by atoms with van der Waals surface area (Å²) in [6, 6.07) is 1.21. The second-order valence-electron chi connectivity index (χ2n) is 6.95. The van der Waals surface area contributed by atoms with E-state index in [0.29, 0.717) is 17.5 Å². The molecule has 104 valence electrons. The lowest BCUT2D eigenvalue weighted by molar-refractivity contribution is 0.213. The summed E-state index contributed by atoms with van der Waals surface area (Å²) >= 11 is 0. The molecule has 0 amide bonds. The standard InChI is InChI=1S/C17H31N/c1-6-9-15(7-2)18-16-11-8-10-14(12-13-16)17(3,4)5/h1,14-16,18H,7-13H2,2-5H3. The number of hydrogen-bond donors (Lipinski definition) is 1. The van der Waals surface area contributed by atoms with Crippen molar-refractivity contribution >= 4 is 0 Å². The summed E-state index contributed by atoms with van der Waals surface area (Å²) in [6.45, 7) is 9.39. The van der Waals surface area contributed by atoms with Crippen molar-refractivity contribution in [1.82, 2.24) is 5.32 Å². The first kappa shape index (κ1) is 15.6. The fraction of sp³-hybridized carbons (Fsp3) is 0.882. The zero-order valence-electron chi connectivity index (χ0n) is 12.8. The van der Waals surface area contributed by atoms with Gasteiger partial charge in [-0.25, -0.2) is 0 Å². The van der Waals surface area contributed by atoms with Gasteiger partial charge >= 0.3 is 0 Å². The van der Waals surface area contributed by atoms with Crippen LogP contribution in [0.3, 0.4) is 0 Å². The smallest absolute Gasteiger partial charge is 0.0240 e. The van der Waals surface area contributed by atoms with Crippen LogP contribution in [-0.2, 0) is 0 Å². The molecule has 1 N–H and O–H groups in total. The van der Waals surface area contributed by atoms with Gasteiger partial charge < -0.3 is 5.32 Å². The summed E-state index contributed by atoms with van der Waals surface area (Å²) in [5.41, 5.74) is 0.470. The monoisotopic (exact) mass is 249 g/mol. The van der Waals surface area contributed by atoms with Gasteiger partial charge in [-0.05, 0) is 43.4 Å². The van der Waals surface area contributed by atoms with Gasteiger partial charge in [0.05, 0.1) is 0 Å². The topological polar surface area (TPSA) is 12.0 Å². The summed E-state index contributed by atoms with van der Waals surface area (Å²) < 4.78 is 0. The Morgan fingerprint density at radius 3 is 2.50 bits per heavy atom. The molecular formula is C17H31N. The SMILES string of the molecule is C#CCC(CC)NC1CCCC(C(C)(C)C)CC1. The summed E-state index contributed by atoms with van der Waals surface area (Å²) in [7, 11) is 0. The molecule has 3 atom stereocenters. The van der Waals surface area contributed by atoms with Crippen LogP contribution < -0.4 is 5.32 Å². The zero-order valence-corrected chi connectivity index (χ0v) is 12.8. The van der Waals surface area contributed by atoms with E-state index in [2.05, 4.69) is 38.9 Å². The third kappa shape index (κ3) is 5.02. The van der Waals surface area contributed by atoms with E-state index < -0.39 is 0 Å². The predicted octanol–water partition coefficient (Wildman–Crippen LogP) is 4.37. The molecule has 0 spiro atoms. The van der Waals surface area contributed by atoms with Crippen LogP contribution in [0, 0.1) is 23.7 Å². The van der Waals surface area contributed by atoms with E-state index in [9.17, 15) is 0 Å². The van der Waals surface area contributed by atoms with E-state index in [1.54, 1.807) is 0 Å². The van der Waals surface area contributed by atoms with E-state index in [-0.39, 0.29) is 0 Å². The molecule has 0 aromatic heterocycles. The van der Waals surface area contributed by atoms with Crippen molar-refractivity contribution in [2.24, 2.45) is 11.3 Å². The molecule has 3 unspecified atom stereocenters. The van der Waals surface area contributed by atoms with Gasteiger partial charge in [0.15, 0.2) is 0 Å². The molecule has 0 aliphatic heterocycles. The van der Waals surface area contributed by atoms with Crippen LogP contribution in [-0.4, -0.2) is 12.1 Å². The molecule has 0 heterocycles. The van der Waals surface area contributed by atoms with Gasteiger partial charge in [0, 0.05) is 18.5 Å². The second-order valence-corrected chi connectivity index (χ2v) is 6.95. The Balaban J connectivity index is 2.44. The highest BCUT2D eigenvalue weighted by atomic mass is 14.9. The van der Waals surface area contributed by atoms with E-state index in [1.165, 1.54) is 32.1 Å². The van der Waals surface area contributed by atoms with E-state index >= 15 is 0 Å². The highest BCUT2D eigenvalue weighted by Crippen LogP contribution is 2.36. The quantitative estimate of drug-likeness (QED) is 0.576. The Labute approximate surface area is 114 Å². The lowest BCUT2D eigenvalue weighted by Crippen LogP contribution is -2.37. The first-order valence-electron chi connectivity index (χ1n) is 7.66. The van der Waals surface area contributed by atoms with Crippen molar-refractivity contribution in [1.29, 1.82) is 0 Å². The van der Waals surface area contributed by atoms with Crippen molar-refractivity contribution in [2.45, 2.75) is 84.7 Å². The molecule has 1 rings (SSSR count). The van der Waals surface area contributed by atoms with Crippen LogP contribution in [0.4, 0.5) is 0 Å². The molecule has 0 saturated heterocycles. The summed E-state index contributed by atoms with van der Waals surface area (Å²) in [5, 5.41) is 3.78. The Morgan fingerprint density at radius 2 is 1.94 bits per heavy atom. The molecule has 0 aromatic carbocycles. The number of rotatable bonds is 4. The lowest BCUT2D eigenvalue weighted by atomic mass is 9.76. The van der Waals surface area contributed by atoms with Crippen molar-refractivity contribution in [3.8, 4) is 12.3 Å². The number of terminal acetylenes is 1. The Kier molecular flexibility index (Phi) is 6.22. The molecule has 1 saturated carbocycles. The van der Waals surface area contributed by atoms with E-state index in [1.807, 2.05) is 0 Å². The zero-order chi connectivity index (χ0) is 13.6. The minimum atomic E-state index is 0.470. The van der Waals surface area contributed by atoms with Gasteiger partial charge in [-0.2, -0.15) is 0 Å². The maximum absolute atomic E-state index is 5.43. The summed E-state index contributed by atoms with van der Waals surface area (Å²) in [6.07, 6.45) is 14.2. The van der Waals surface area contributed by atoms with Crippen molar-refractivity contribution in [3.05, 3.63) is 0 Å². The summed E-state index contributed by atoms with van der Waals surface area (Å²) in [5.74, 6) is 3.68. The minimum absolute atomic E-state index is 0.470. The molecule has 1 fully saturated rings. The lowest BCUT2D eigenvalue weighted by Gasteiger charge is -2.30. The van der Waals surface area contributed by atoms with Crippen molar-refractivity contribution in [2.75, 3.05) is 0 Å².